The van der Waals surface area contributed by atoms with E-state index >= 15 is 0 Å². The lowest BCUT2D eigenvalue weighted by Gasteiger charge is -2.00. The summed E-state index contributed by atoms with van der Waals surface area (Å²) in [5.41, 5.74) is 2.13. The minimum atomic E-state index is 0.211. The molecule has 0 aromatic carbocycles. The third kappa shape index (κ3) is 3.41. The molecule has 1 aromatic rings. The lowest BCUT2D eigenvalue weighted by atomic mass is 10.2. The molecule has 0 saturated carbocycles. The summed E-state index contributed by atoms with van der Waals surface area (Å²) in [6, 6.07) is 0. The molecular formula is C12H18N2O. The van der Waals surface area contributed by atoms with Gasteiger partial charge in [-0.25, -0.2) is 0 Å². The summed E-state index contributed by atoms with van der Waals surface area (Å²) < 4.78 is 1.98. The fraction of sp³-hybridized carbons (Fsp3) is 0.583. The van der Waals surface area contributed by atoms with E-state index < -0.39 is 0 Å². The summed E-state index contributed by atoms with van der Waals surface area (Å²) in [4.78, 5) is 0. The molecule has 3 nitrogen and oxygen atoms in total. The van der Waals surface area contributed by atoms with Gasteiger partial charge in [0.1, 0.15) is 0 Å². The lowest BCUT2D eigenvalue weighted by molar-refractivity contribution is 0.290. The van der Waals surface area contributed by atoms with Crippen LogP contribution in [0.1, 0.15) is 37.4 Å². The molecule has 0 aliphatic carbocycles. The molecule has 0 radical (unpaired) electrons. The van der Waals surface area contributed by atoms with Crippen molar-refractivity contribution in [3.05, 3.63) is 17.5 Å². The van der Waals surface area contributed by atoms with Gasteiger partial charge in [-0.3, -0.25) is 4.68 Å². The standard InChI is InChI=1S/C12H18N2O/c1-3-8-14-11(2)12(10-13-14)7-5-4-6-9-15/h10,15H,3-4,6,8-9H2,1-2H3. The average Bonchev–Trinajstić information content (AvgIpc) is 2.57. The molecule has 0 amide bonds. The van der Waals surface area contributed by atoms with E-state index in [1.165, 1.54) is 0 Å². The maximum atomic E-state index is 8.61. The molecule has 0 aliphatic rings. The molecule has 82 valence electrons. The van der Waals surface area contributed by atoms with E-state index in [4.69, 9.17) is 5.11 Å². The van der Waals surface area contributed by atoms with Crippen LogP contribution in [0.2, 0.25) is 0 Å². The van der Waals surface area contributed by atoms with Crippen LogP contribution in [0.25, 0.3) is 0 Å². The van der Waals surface area contributed by atoms with Gasteiger partial charge in [-0.15, -0.1) is 0 Å². The number of hydrogen-bond acceptors (Lipinski definition) is 2. The molecule has 15 heavy (non-hydrogen) atoms. The van der Waals surface area contributed by atoms with Gasteiger partial charge in [0.15, 0.2) is 0 Å². The number of aromatic nitrogens is 2. The highest BCUT2D eigenvalue weighted by Gasteiger charge is 2.01. The molecule has 1 heterocycles. The Morgan fingerprint density at radius 3 is 3.00 bits per heavy atom. The van der Waals surface area contributed by atoms with Crippen molar-refractivity contribution in [2.24, 2.45) is 0 Å². The van der Waals surface area contributed by atoms with Crippen LogP contribution in [-0.4, -0.2) is 21.5 Å². The van der Waals surface area contributed by atoms with Crippen molar-refractivity contribution in [2.75, 3.05) is 6.61 Å². The van der Waals surface area contributed by atoms with Crippen molar-refractivity contribution in [2.45, 2.75) is 39.7 Å². The second kappa shape index (κ2) is 6.26. The van der Waals surface area contributed by atoms with E-state index in [1.807, 2.05) is 17.8 Å². The lowest BCUT2D eigenvalue weighted by Crippen LogP contribution is -2.00. The zero-order chi connectivity index (χ0) is 11.1. The van der Waals surface area contributed by atoms with E-state index in [2.05, 4.69) is 23.9 Å². The normalized spacial score (nSPS) is 9.80. The zero-order valence-electron chi connectivity index (χ0n) is 9.45. The predicted molar refractivity (Wildman–Crippen MR) is 60.5 cm³/mol. The van der Waals surface area contributed by atoms with Gasteiger partial charge < -0.3 is 5.11 Å². The van der Waals surface area contributed by atoms with Crippen LogP contribution in [-0.2, 0) is 6.54 Å². The van der Waals surface area contributed by atoms with E-state index in [0.29, 0.717) is 0 Å². The second-order valence-corrected chi connectivity index (χ2v) is 3.50. The summed E-state index contributed by atoms with van der Waals surface area (Å²) >= 11 is 0. The third-order valence-electron chi connectivity index (χ3n) is 2.22. The van der Waals surface area contributed by atoms with Crippen LogP contribution >= 0.6 is 0 Å². The molecule has 1 N–H and O–H groups in total. The molecule has 3 heteroatoms. The van der Waals surface area contributed by atoms with Gasteiger partial charge in [0.25, 0.3) is 0 Å². The average molecular weight is 206 g/mol. The van der Waals surface area contributed by atoms with Gasteiger partial charge in [-0.1, -0.05) is 18.8 Å². The van der Waals surface area contributed by atoms with Crippen LogP contribution in [0.15, 0.2) is 6.20 Å². The highest BCUT2D eigenvalue weighted by atomic mass is 16.2. The van der Waals surface area contributed by atoms with Gasteiger partial charge in [-0.2, -0.15) is 5.10 Å². The highest BCUT2D eigenvalue weighted by Crippen LogP contribution is 2.06. The smallest absolute Gasteiger partial charge is 0.0654 e. The monoisotopic (exact) mass is 206 g/mol. The number of aliphatic hydroxyl groups excluding tert-OH is 1. The maximum absolute atomic E-state index is 8.61. The van der Waals surface area contributed by atoms with Crippen LogP contribution in [0.5, 0.6) is 0 Å². The third-order valence-corrected chi connectivity index (χ3v) is 2.22. The van der Waals surface area contributed by atoms with Gasteiger partial charge in [0.05, 0.1) is 17.5 Å². The summed E-state index contributed by atoms with van der Waals surface area (Å²) in [6.45, 7) is 5.33. The Morgan fingerprint density at radius 1 is 1.53 bits per heavy atom. The Kier molecular flexibility index (Phi) is 4.92. The van der Waals surface area contributed by atoms with Crippen molar-refractivity contribution in [3.8, 4) is 11.8 Å². The van der Waals surface area contributed by atoms with E-state index in [-0.39, 0.29) is 6.61 Å². The SMILES string of the molecule is CCCn1ncc(C#CCCCO)c1C. The van der Waals surface area contributed by atoms with Gasteiger partial charge in [-0.05, 0) is 19.8 Å². The number of unbranched alkanes of at least 4 members (excludes halogenated alkanes) is 1. The Bertz CT molecular complexity index is 357. The maximum Gasteiger partial charge on any atom is 0.0654 e. The summed E-state index contributed by atoms with van der Waals surface area (Å²) in [7, 11) is 0. The van der Waals surface area contributed by atoms with E-state index in [0.717, 1.165) is 37.1 Å². The molecule has 0 fully saturated rings. The Hall–Kier alpha value is -1.27. The molecular weight excluding hydrogens is 188 g/mol. The Morgan fingerprint density at radius 2 is 2.33 bits per heavy atom. The Balaban J connectivity index is 2.64. The number of aliphatic hydroxyl groups is 1. The van der Waals surface area contributed by atoms with Crippen molar-refractivity contribution in [3.63, 3.8) is 0 Å². The van der Waals surface area contributed by atoms with Crippen molar-refractivity contribution in [1.29, 1.82) is 0 Å². The molecule has 0 saturated heterocycles. The first-order valence-corrected chi connectivity index (χ1v) is 5.41. The fourth-order valence-corrected chi connectivity index (χ4v) is 1.33. The van der Waals surface area contributed by atoms with Crippen molar-refractivity contribution < 1.29 is 5.11 Å². The molecule has 0 atom stereocenters. The summed E-state index contributed by atoms with van der Waals surface area (Å²) in [6.07, 6.45) is 4.39. The molecule has 1 rings (SSSR count). The van der Waals surface area contributed by atoms with Gasteiger partial charge in [0, 0.05) is 19.6 Å². The van der Waals surface area contributed by atoms with Crippen LogP contribution in [0.4, 0.5) is 0 Å². The predicted octanol–water partition coefficient (Wildman–Crippen LogP) is 1.73. The number of nitrogens with zero attached hydrogens (tertiary/aromatic N) is 2. The largest absolute Gasteiger partial charge is 0.396 e. The molecule has 0 aliphatic heterocycles. The summed E-state index contributed by atoms with van der Waals surface area (Å²) in [5, 5.41) is 12.9. The van der Waals surface area contributed by atoms with Crippen LogP contribution in [0, 0.1) is 18.8 Å². The molecule has 0 unspecified atom stereocenters. The van der Waals surface area contributed by atoms with Crippen molar-refractivity contribution >= 4 is 0 Å². The topological polar surface area (TPSA) is 38.0 Å². The summed E-state index contributed by atoms with van der Waals surface area (Å²) in [5.74, 6) is 6.12. The first kappa shape index (κ1) is 11.8. The first-order valence-electron chi connectivity index (χ1n) is 5.41. The van der Waals surface area contributed by atoms with Gasteiger partial charge >= 0.3 is 0 Å². The van der Waals surface area contributed by atoms with E-state index in [9.17, 15) is 0 Å². The Labute approximate surface area is 91.1 Å². The fourth-order valence-electron chi connectivity index (χ4n) is 1.33. The van der Waals surface area contributed by atoms with E-state index in [1.54, 1.807) is 0 Å². The number of rotatable bonds is 4. The number of hydrogen-bond donors (Lipinski definition) is 1. The van der Waals surface area contributed by atoms with Crippen molar-refractivity contribution in [1.82, 2.24) is 9.78 Å². The minimum Gasteiger partial charge on any atom is -0.396 e. The quantitative estimate of drug-likeness (QED) is 0.601. The first-order chi connectivity index (χ1) is 7.29. The highest BCUT2D eigenvalue weighted by molar-refractivity contribution is 5.35. The minimum absolute atomic E-state index is 0.211. The second-order valence-electron chi connectivity index (χ2n) is 3.50. The molecule has 1 aromatic heterocycles. The van der Waals surface area contributed by atoms with Gasteiger partial charge in [0.2, 0.25) is 0 Å². The van der Waals surface area contributed by atoms with Crippen LogP contribution in [0.3, 0.4) is 0 Å². The molecule has 0 spiro atoms. The number of aryl methyl sites for hydroxylation is 1. The zero-order valence-corrected chi connectivity index (χ0v) is 9.45. The van der Waals surface area contributed by atoms with Crippen LogP contribution < -0.4 is 0 Å². The molecule has 0 bridgehead atoms.